The van der Waals surface area contributed by atoms with Gasteiger partial charge in [-0.05, 0) is 27.3 Å². The molecule has 0 spiro atoms. The van der Waals surface area contributed by atoms with Crippen LogP contribution in [0.2, 0.25) is 0 Å². The average Bonchev–Trinajstić information content (AvgIpc) is 1.82. The molecule has 0 radical (unpaired) electrons. The molecule has 13 heavy (non-hydrogen) atoms. The van der Waals surface area contributed by atoms with Gasteiger partial charge in [-0.3, -0.25) is 10.3 Å². The summed E-state index contributed by atoms with van der Waals surface area (Å²) < 4.78 is 0. The van der Waals surface area contributed by atoms with Gasteiger partial charge in [-0.15, -0.1) is 0 Å². The fraction of sp³-hybridized carbons (Fsp3) is 0.889. The van der Waals surface area contributed by atoms with E-state index in [4.69, 9.17) is 11.1 Å². The van der Waals surface area contributed by atoms with Crippen molar-refractivity contribution in [2.45, 2.75) is 38.8 Å². The number of nitrogens with zero attached hydrogens (tertiary/aromatic N) is 1. The Bertz CT molecular complexity index is 174. The minimum Gasteiger partial charge on any atom is -0.389 e. The van der Waals surface area contributed by atoms with Gasteiger partial charge in [-0.2, -0.15) is 0 Å². The molecular weight excluding hydrogens is 166 g/mol. The molecule has 0 saturated heterocycles. The number of nitrogens with one attached hydrogen (secondary N) is 1. The topological polar surface area (TPSA) is 73.3 Å². The Labute approximate surface area is 80.2 Å². The first-order chi connectivity index (χ1) is 5.78. The Balaban J connectivity index is 4.22. The fourth-order valence-electron chi connectivity index (χ4n) is 1.49. The summed E-state index contributed by atoms with van der Waals surface area (Å²) in [4.78, 5) is 1.91. The summed E-state index contributed by atoms with van der Waals surface area (Å²) in [7, 11) is 1.87. The lowest BCUT2D eigenvalue weighted by atomic mass is 10.1. The van der Waals surface area contributed by atoms with Gasteiger partial charge in [-0.1, -0.05) is 6.92 Å². The molecule has 0 aliphatic carbocycles. The Morgan fingerprint density at radius 1 is 1.62 bits per heavy atom. The molecule has 0 bridgehead atoms. The zero-order chi connectivity index (χ0) is 10.6. The minimum atomic E-state index is -0.738. The van der Waals surface area contributed by atoms with Crippen molar-refractivity contribution < 1.29 is 5.11 Å². The van der Waals surface area contributed by atoms with Crippen LogP contribution in [0.4, 0.5) is 0 Å². The van der Waals surface area contributed by atoms with Gasteiger partial charge < -0.3 is 10.8 Å². The highest BCUT2D eigenvalue weighted by atomic mass is 16.3. The third-order valence-electron chi connectivity index (χ3n) is 1.91. The molecule has 0 aliphatic rings. The Morgan fingerprint density at radius 3 is 2.31 bits per heavy atom. The zero-order valence-corrected chi connectivity index (χ0v) is 8.96. The first-order valence-electron chi connectivity index (χ1n) is 4.54. The highest BCUT2D eigenvalue weighted by Crippen LogP contribution is 2.08. The number of hydrogen-bond donors (Lipinski definition) is 3. The molecule has 0 heterocycles. The monoisotopic (exact) mass is 187 g/mol. The van der Waals surface area contributed by atoms with Crippen molar-refractivity contribution in [3.8, 4) is 0 Å². The van der Waals surface area contributed by atoms with E-state index in [2.05, 4.69) is 0 Å². The van der Waals surface area contributed by atoms with E-state index >= 15 is 0 Å². The maximum Gasteiger partial charge on any atom is 0.108 e. The maximum atomic E-state index is 9.56. The summed E-state index contributed by atoms with van der Waals surface area (Å²) in [5.41, 5.74) is 4.69. The second-order valence-corrected chi connectivity index (χ2v) is 4.11. The summed E-state index contributed by atoms with van der Waals surface area (Å²) in [5, 5.41) is 16.9. The van der Waals surface area contributed by atoms with Crippen LogP contribution in [-0.2, 0) is 0 Å². The maximum absolute atomic E-state index is 9.56. The van der Waals surface area contributed by atoms with E-state index in [0.717, 1.165) is 6.42 Å². The van der Waals surface area contributed by atoms with Crippen molar-refractivity contribution in [2.24, 2.45) is 5.73 Å². The smallest absolute Gasteiger partial charge is 0.108 e. The molecule has 4 nitrogen and oxygen atoms in total. The van der Waals surface area contributed by atoms with E-state index in [-0.39, 0.29) is 11.9 Å². The lowest BCUT2D eigenvalue weighted by molar-refractivity contribution is 0.0387. The Hall–Kier alpha value is -0.610. The normalized spacial score (nSPS) is 14.6. The third kappa shape index (κ3) is 4.85. The molecule has 0 rings (SSSR count). The van der Waals surface area contributed by atoms with E-state index in [1.807, 2.05) is 18.9 Å². The van der Waals surface area contributed by atoms with E-state index in [1.165, 1.54) is 0 Å². The predicted octanol–water partition coefficient (Wildman–Crippen LogP) is 0.404. The van der Waals surface area contributed by atoms with Gasteiger partial charge in [0.15, 0.2) is 0 Å². The van der Waals surface area contributed by atoms with Crippen molar-refractivity contribution >= 4 is 5.84 Å². The first-order valence-corrected chi connectivity index (χ1v) is 4.54. The molecule has 0 aromatic rings. The molecule has 0 fully saturated rings. The van der Waals surface area contributed by atoms with E-state index in [1.54, 1.807) is 13.8 Å². The van der Waals surface area contributed by atoms with Gasteiger partial charge in [0.05, 0.1) is 11.6 Å². The number of aliphatic hydroxyl groups is 1. The van der Waals surface area contributed by atoms with Gasteiger partial charge in [-0.25, -0.2) is 0 Å². The number of rotatable bonds is 5. The second kappa shape index (κ2) is 4.58. The molecule has 0 aliphatic heterocycles. The fourth-order valence-corrected chi connectivity index (χ4v) is 1.49. The second-order valence-electron chi connectivity index (χ2n) is 4.11. The van der Waals surface area contributed by atoms with Crippen molar-refractivity contribution in [1.82, 2.24) is 4.90 Å². The van der Waals surface area contributed by atoms with E-state index in [0.29, 0.717) is 6.54 Å². The number of nitrogens with two attached hydrogens (primary N) is 1. The number of likely N-dealkylation sites (N-methyl/N-ethyl adjacent to an activating group) is 1. The molecule has 0 saturated carbocycles. The molecule has 78 valence electrons. The van der Waals surface area contributed by atoms with Gasteiger partial charge in [0.2, 0.25) is 0 Å². The van der Waals surface area contributed by atoms with Crippen molar-refractivity contribution in [3.63, 3.8) is 0 Å². The largest absolute Gasteiger partial charge is 0.389 e. The van der Waals surface area contributed by atoms with Crippen LogP contribution in [0.3, 0.4) is 0 Å². The van der Waals surface area contributed by atoms with E-state index in [9.17, 15) is 5.11 Å². The third-order valence-corrected chi connectivity index (χ3v) is 1.91. The SMILES string of the molecule is CCC(C(=N)N)N(C)CC(C)(C)O. The molecule has 0 aromatic heterocycles. The summed E-state index contributed by atoms with van der Waals surface area (Å²) in [6, 6.07) is -0.0635. The molecular formula is C9H21N3O. The lowest BCUT2D eigenvalue weighted by Gasteiger charge is -2.31. The van der Waals surface area contributed by atoms with Gasteiger partial charge in [0.1, 0.15) is 5.84 Å². The Morgan fingerprint density at radius 2 is 2.08 bits per heavy atom. The van der Waals surface area contributed by atoms with Crippen LogP contribution >= 0.6 is 0 Å². The average molecular weight is 187 g/mol. The van der Waals surface area contributed by atoms with Crippen LogP contribution in [-0.4, -0.2) is 41.1 Å². The van der Waals surface area contributed by atoms with Crippen molar-refractivity contribution in [3.05, 3.63) is 0 Å². The van der Waals surface area contributed by atoms with Gasteiger partial charge in [0.25, 0.3) is 0 Å². The van der Waals surface area contributed by atoms with Crippen LogP contribution < -0.4 is 5.73 Å². The molecule has 0 amide bonds. The highest BCUT2D eigenvalue weighted by molar-refractivity contribution is 5.82. The summed E-state index contributed by atoms with van der Waals surface area (Å²) >= 11 is 0. The molecule has 4 N–H and O–H groups in total. The first kappa shape index (κ1) is 12.4. The summed E-state index contributed by atoms with van der Waals surface area (Å²) in [6.45, 7) is 5.99. The highest BCUT2D eigenvalue weighted by Gasteiger charge is 2.22. The standard InChI is InChI=1S/C9H21N3O/c1-5-7(8(10)11)12(4)6-9(2,3)13/h7,13H,5-6H2,1-4H3,(H3,10,11). The van der Waals surface area contributed by atoms with Crippen LogP contribution in [0, 0.1) is 5.41 Å². The van der Waals surface area contributed by atoms with Gasteiger partial charge in [0, 0.05) is 6.54 Å². The lowest BCUT2D eigenvalue weighted by Crippen LogP contribution is -2.47. The van der Waals surface area contributed by atoms with E-state index < -0.39 is 5.60 Å². The Kier molecular flexibility index (Phi) is 4.36. The molecule has 1 unspecified atom stereocenters. The molecule has 1 atom stereocenters. The zero-order valence-electron chi connectivity index (χ0n) is 8.96. The summed E-state index contributed by atoms with van der Waals surface area (Å²) in [6.07, 6.45) is 0.794. The van der Waals surface area contributed by atoms with Crippen LogP contribution in [0.5, 0.6) is 0 Å². The summed E-state index contributed by atoms with van der Waals surface area (Å²) in [5.74, 6) is 0.161. The number of amidine groups is 1. The van der Waals surface area contributed by atoms with Crippen LogP contribution in [0.25, 0.3) is 0 Å². The van der Waals surface area contributed by atoms with Crippen molar-refractivity contribution in [1.29, 1.82) is 5.41 Å². The minimum absolute atomic E-state index is 0.0635. The molecule has 4 heteroatoms. The quantitative estimate of drug-likeness (QED) is 0.431. The molecule has 0 aromatic carbocycles. The van der Waals surface area contributed by atoms with Gasteiger partial charge >= 0.3 is 0 Å². The number of hydrogen-bond acceptors (Lipinski definition) is 3. The van der Waals surface area contributed by atoms with Crippen LogP contribution in [0.1, 0.15) is 27.2 Å². The van der Waals surface area contributed by atoms with Crippen LogP contribution in [0.15, 0.2) is 0 Å². The van der Waals surface area contributed by atoms with Crippen molar-refractivity contribution in [2.75, 3.05) is 13.6 Å². The predicted molar refractivity (Wildman–Crippen MR) is 54.9 cm³/mol.